The average Bonchev–Trinajstić information content (AvgIpc) is 2.68. The van der Waals surface area contributed by atoms with Gasteiger partial charge in [-0.2, -0.15) is 0 Å². The Kier molecular flexibility index (Phi) is 1.62. The minimum absolute atomic E-state index is 1.20. The number of benzene rings is 1. The molecule has 0 unspecified atom stereocenters. The molecule has 1 nitrogen and oxygen atoms in total. The molecular formula is C15H15N. The van der Waals surface area contributed by atoms with E-state index in [1.54, 1.807) is 5.56 Å². The van der Waals surface area contributed by atoms with Gasteiger partial charge in [-0.1, -0.05) is 30.4 Å². The summed E-state index contributed by atoms with van der Waals surface area (Å²) in [5, 5.41) is 4.45. The Labute approximate surface area is 94.7 Å². The van der Waals surface area contributed by atoms with Crippen LogP contribution in [0.25, 0.3) is 23.1 Å². The van der Waals surface area contributed by atoms with Crippen LogP contribution in [0.3, 0.4) is 0 Å². The first kappa shape index (κ1) is 8.63. The fraction of sp³-hybridized carbons (Fsp3) is 0.333. The molecule has 0 spiro atoms. The summed E-state index contributed by atoms with van der Waals surface area (Å²) in [7, 11) is 0. The number of para-hydroxylation sites is 1. The predicted molar refractivity (Wildman–Crippen MR) is 67.7 cm³/mol. The van der Waals surface area contributed by atoms with Gasteiger partial charge in [0, 0.05) is 22.5 Å². The summed E-state index contributed by atoms with van der Waals surface area (Å²) >= 11 is 0. The molecule has 0 radical (unpaired) electrons. The molecule has 1 aromatic heterocycles. The molecule has 0 amide bonds. The molecule has 2 heterocycles. The summed E-state index contributed by atoms with van der Waals surface area (Å²) < 4.78 is 2.54. The van der Waals surface area contributed by atoms with Crippen molar-refractivity contribution in [3.05, 3.63) is 34.3 Å². The number of aromatic nitrogens is 1. The molecule has 0 saturated carbocycles. The van der Waals surface area contributed by atoms with Gasteiger partial charge in [-0.15, -0.1) is 0 Å². The first-order chi connectivity index (χ1) is 7.95. The van der Waals surface area contributed by atoms with E-state index in [2.05, 4.69) is 34.9 Å². The lowest BCUT2D eigenvalue weighted by atomic mass is 10.0. The first-order valence-electron chi connectivity index (χ1n) is 6.25. The zero-order valence-electron chi connectivity index (χ0n) is 9.37. The minimum Gasteiger partial charge on any atom is -0.341 e. The van der Waals surface area contributed by atoms with Crippen LogP contribution in [0.15, 0.2) is 18.2 Å². The molecule has 0 fully saturated rings. The lowest BCUT2D eigenvalue weighted by Gasteiger charge is -2.15. The van der Waals surface area contributed by atoms with Crippen LogP contribution in [0.5, 0.6) is 0 Å². The number of hydrogen-bond donors (Lipinski definition) is 0. The number of rotatable bonds is 0. The molecule has 1 aliphatic carbocycles. The van der Waals surface area contributed by atoms with E-state index in [0.29, 0.717) is 0 Å². The molecule has 2 aliphatic rings. The Balaban J connectivity index is 2.35. The zero-order chi connectivity index (χ0) is 10.5. The Morgan fingerprint density at radius 2 is 2.00 bits per heavy atom. The summed E-state index contributed by atoms with van der Waals surface area (Å²) in [6, 6.07) is 6.80. The van der Waals surface area contributed by atoms with Gasteiger partial charge < -0.3 is 4.57 Å². The third-order valence-electron chi connectivity index (χ3n) is 3.93. The second-order valence-electron chi connectivity index (χ2n) is 4.85. The predicted octanol–water partition coefficient (Wildman–Crippen LogP) is 1.94. The fourth-order valence-corrected chi connectivity index (χ4v) is 3.28. The van der Waals surface area contributed by atoms with Gasteiger partial charge in [-0.3, -0.25) is 0 Å². The largest absolute Gasteiger partial charge is 0.341 e. The van der Waals surface area contributed by atoms with E-state index in [0.717, 1.165) is 0 Å². The first-order valence-corrected chi connectivity index (χ1v) is 6.25. The lowest BCUT2D eigenvalue weighted by molar-refractivity contribution is 0.621. The third kappa shape index (κ3) is 0.960. The summed E-state index contributed by atoms with van der Waals surface area (Å²) in [4.78, 5) is 0. The van der Waals surface area contributed by atoms with Crippen LogP contribution in [0, 0.1) is 0 Å². The number of hydrogen-bond acceptors (Lipinski definition) is 0. The summed E-state index contributed by atoms with van der Waals surface area (Å²) in [5.41, 5.74) is 3.05. The van der Waals surface area contributed by atoms with Gasteiger partial charge in [0.05, 0.1) is 5.52 Å². The third-order valence-corrected chi connectivity index (χ3v) is 3.93. The molecule has 4 rings (SSSR count). The monoisotopic (exact) mass is 209 g/mol. The van der Waals surface area contributed by atoms with Crippen LogP contribution in [-0.2, 0) is 13.0 Å². The standard InChI is InChI=1S/C15H15N/c1-2-9-14-12(7-1)13-8-3-5-11-6-4-10-16(14)15(11)13/h3,5,7-9H,1-2,4,6,10H2. The Hall–Kier alpha value is -1.50. The Bertz CT molecular complexity index is 688. The SMILES string of the molecule is C1=c2c(n3c4c(cccc24)CCC3)=CCC1. The van der Waals surface area contributed by atoms with Crippen molar-refractivity contribution in [1.29, 1.82) is 0 Å². The molecule has 80 valence electrons. The topological polar surface area (TPSA) is 4.93 Å². The molecule has 1 aliphatic heterocycles. The van der Waals surface area contributed by atoms with Crippen LogP contribution in [0.1, 0.15) is 24.8 Å². The van der Waals surface area contributed by atoms with Gasteiger partial charge in [0.15, 0.2) is 0 Å². The van der Waals surface area contributed by atoms with Gasteiger partial charge in [-0.25, -0.2) is 0 Å². The normalized spacial score (nSPS) is 17.8. The second kappa shape index (κ2) is 3.00. The van der Waals surface area contributed by atoms with Gasteiger partial charge >= 0.3 is 0 Å². The molecule has 0 saturated heterocycles. The van der Waals surface area contributed by atoms with Crippen molar-refractivity contribution in [1.82, 2.24) is 4.57 Å². The zero-order valence-corrected chi connectivity index (χ0v) is 9.37. The minimum atomic E-state index is 1.20. The van der Waals surface area contributed by atoms with Crippen molar-refractivity contribution >= 4 is 23.1 Å². The molecule has 0 atom stereocenters. The van der Waals surface area contributed by atoms with Gasteiger partial charge in [0.1, 0.15) is 0 Å². The molecule has 0 N–H and O–H groups in total. The van der Waals surface area contributed by atoms with Crippen molar-refractivity contribution in [3.63, 3.8) is 0 Å². The quantitative estimate of drug-likeness (QED) is 0.625. The number of nitrogens with zero attached hydrogens (tertiary/aromatic N) is 1. The van der Waals surface area contributed by atoms with Gasteiger partial charge in [-0.05, 0) is 31.2 Å². The van der Waals surface area contributed by atoms with Crippen molar-refractivity contribution < 1.29 is 0 Å². The van der Waals surface area contributed by atoms with E-state index < -0.39 is 0 Å². The second-order valence-corrected chi connectivity index (χ2v) is 4.85. The Morgan fingerprint density at radius 3 is 3.00 bits per heavy atom. The molecule has 0 bridgehead atoms. The average molecular weight is 209 g/mol. The van der Waals surface area contributed by atoms with Crippen LogP contribution in [-0.4, -0.2) is 4.57 Å². The van der Waals surface area contributed by atoms with E-state index in [-0.39, 0.29) is 0 Å². The number of aryl methyl sites for hydroxylation is 2. The highest BCUT2D eigenvalue weighted by atomic mass is 15.0. The highest BCUT2D eigenvalue weighted by Crippen LogP contribution is 2.22. The maximum Gasteiger partial charge on any atom is 0.0523 e. The van der Waals surface area contributed by atoms with E-state index in [1.165, 1.54) is 53.7 Å². The van der Waals surface area contributed by atoms with Crippen molar-refractivity contribution in [2.75, 3.05) is 0 Å². The van der Waals surface area contributed by atoms with E-state index in [1.807, 2.05) is 0 Å². The van der Waals surface area contributed by atoms with Gasteiger partial charge in [0.2, 0.25) is 0 Å². The van der Waals surface area contributed by atoms with Crippen molar-refractivity contribution in [3.8, 4) is 0 Å². The molecule has 2 aromatic rings. The maximum atomic E-state index is 2.54. The van der Waals surface area contributed by atoms with Crippen LogP contribution >= 0.6 is 0 Å². The lowest BCUT2D eigenvalue weighted by Crippen LogP contribution is -2.31. The molecule has 1 heteroatoms. The van der Waals surface area contributed by atoms with Crippen molar-refractivity contribution in [2.45, 2.75) is 32.2 Å². The Morgan fingerprint density at radius 1 is 1.06 bits per heavy atom. The number of fused-ring (bicyclic) bond motifs is 3. The van der Waals surface area contributed by atoms with Crippen LogP contribution < -0.4 is 10.6 Å². The van der Waals surface area contributed by atoms with Crippen molar-refractivity contribution in [2.24, 2.45) is 0 Å². The van der Waals surface area contributed by atoms with E-state index >= 15 is 0 Å². The maximum absolute atomic E-state index is 2.54. The highest BCUT2D eigenvalue weighted by molar-refractivity contribution is 5.85. The molecule has 1 aromatic carbocycles. The highest BCUT2D eigenvalue weighted by Gasteiger charge is 2.15. The smallest absolute Gasteiger partial charge is 0.0523 e. The van der Waals surface area contributed by atoms with E-state index in [9.17, 15) is 0 Å². The summed E-state index contributed by atoms with van der Waals surface area (Å²) in [6.45, 7) is 1.20. The summed E-state index contributed by atoms with van der Waals surface area (Å²) in [6.07, 6.45) is 9.80. The summed E-state index contributed by atoms with van der Waals surface area (Å²) in [5.74, 6) is 0. The fourth-order valence-electron chi connectivity index (χ4n) is 3.28. The van der Waals surface area contributed by atoms with Gasteiger partial charge in [0.25, 0.3) is 0 Å². The van der Waals surface area contributed by atoms with Crippen LogP contribution in [0.4, 0.5) is 0 Å². The molecule has 16 heavy (non-hydrogen) atoms. The molecular weight excluding hydrogens is 194 g/mol. The van der Waals surface area contributed by atoms with E-state index in [4.69, 9.17) is 0 Å². The van der Waals surface area contributed by atoms with Crippen LogP contribution in [0.2, 0.25) is 0 Å².